The Bertz CT molecular complexity index is 1220. The van der Waals surface area contributed by atoms with Gasteiger partial charge in [0.2, 0.25) is 0 Å². The van der Waals surface area contributed by atoms with E-state index in [4.69, 9.17) is 9.47 Å². The van der Waals surface area contributed by atoms with Gasteiger partial charge in [-0.1, -0.05) is 41.6 Å². The fourth-order valence-corrected chi connectivity index (χ4v) is 3.35. The number of carbonyl (C=O) groups is 2. The number of nitrogens with zero attached hydrogens (tertiary/aromatic N) is 4. The number of hydrogen-bond donors (Lipinski definition) is 0. The molecule has 160 valence electrons. The van der Waals surface area contributed by atoms with E-state index in [-0.39, 0.29) is 11.3 Å². The topological polar surface area (TPSA) is 86.6 Å². The summed E-state index contributed by atoms with van der Waals surface area (Å²) in [4.78, 5) is 26.5. The molecule has 0 fully saturated rings. The molecule has 4 rings (SSSR count). The van der Waals surface area contributed by atoms with Gasteiger partial charge in [-0.05, 0) is 36.4 Å². The fourth-order valence-electron chi connectivity index (χ4n) is 3.35. The molecule has 0 radical (unpaired) electrons. The third kappa shape index (κ3) is 3.93. The minimum Gasteiger partial charge on any atom is -0.465 e. The van der Waals surface area contributed by atoms with Gasteiger partial charge in [-0.15, -0.1) is 5.10 Å². The SMILES string of the molecule is COC(=O)C1=C(C(=O)OC)N(c2ccc(-n3nncc3-c3ccccc3)cc2)C=CC=C1. The summed E-state index contributed by atoms with van der Waals surface area (Å²) in [6.07, 6.45) is 8.28. The van der Waals surface area contributed by atoms with E-state index in [0.29, 0.717) is 5.69 Å². The number of ether oxygens (including phenoxy) is 2. The van der Waals surface area contributed by atoms with Crippen LogP contribution in [-0.4, -0.2) is 41.2 Å². The highest BCUT2D eigenvalue weighted by atomic mass is 16.5. The van der Waals surface area contributed by atoms with Crippen LogP contribution >= 0.6 is 0 Å². The van der Waals surface area contributed by atoms with Crippen molar-refractivity contribution in [3.8, 4) is 16.9 Å². The molecular formula is C24H20N4O4. The summed E-state index contributed by atoms with van der Waals surface area (Å²) < 4.78 is 11.5. The number of allylic oxidation sites excluding steroid dienone is 2. The third-order valence-electron chi connectivity index (χ3n) is 4.88. The number of esters is 2. The van der Waals surface area contributed by atoms with E-state index >= 15 is 0 Å². The molecule has 0 spiro atoms. The highest BCUT2D eigenvalue weighted by Crippen LogP contribution is 2.28. The molecule has 32 heavy (non-hydrogen) atoms. The Balaban J connectivity index is 1.74. The quantitative estimate of drug-likeness (QED) is 0.576. The van der Waals surface area contributed by atoms with Crippen LogP contribution in [0.5, 0.6) is 0 Å². The van der Waals surface area contributed by atoms with Gasteiger partial charge in [-0.3, -0.25) is 0 Å². The molecule has 0 amide bonds. The van der Waals surface area contributed by atoms with Gasteiger partial charge in [0.15, 0.2) is 0 Å². The lowest BCUT2D eigenvalue weighted by atomic mass is 10.1. The molecule has 0 aliphatic carbocycles. The van der Waals surface area contributed by atoms with E-state index in [9.17, 15) is 9.59 Å². The van der Waals surface area contributed by atoms with Gasteiger partial charge in [0.1, 0.15) is 5.70 Å². The van der Waals surface area contributed by atoms with Crippen molar-refractivity contribution in [3.63, 3.8) is 0 Å². The number of aromatic nitrogens is 3. The van der Waals surface area contributed by atoms with Crippen molar-refractivity contribution in [2.45, 2.75) is 0 Å². The van der Waals surface area contributed by atoms with Crippen LogP contribution in [-0.2, 0) is 19.1 Å². The maximum atomic E-state index is 12.6. The maximum Gasteiger partial charge on any atom is 0.355 e. The lowest BCUT2D eigenvalue weighted by Crippen LogP contribution is -2.26. The molecule has 3 aromatic rings. The zero-order valence-electron chi connectivity index (χ0n) is 17.5. The van der Waals surface area contributed by atoms with E-state index in [1.807, 2.05) is 54.6 Å². The first kappa shape index (κ1) is 20.8. The smallest absolute Gasteiger partial charge is 0.355 e. The highest BCUT2D eigenvalue weighted by molar-refractivity contribution is 6.05. The van der Waals surface area contributed by atoms with Crippen LogP contribution in [0.2, 0.25) is 0 Å². The van der Waals surface area contributed by atoms with Crippen LogP contribution in [0.25, 0.3) is 16.9 Å². The monoisotopic (exact) mass is 428 g/mol. The summed E-state index contributed by atoms with van der Waals surface area (Å²) in [5.41, 5.74) is 3.43. The molecule has 0 saturated heterocycles. The summed E-state index contributed by atoms with van der Waals surface area (Å²) >= 11 is 0. The standard InChI is InChI=1S/C24H20N4O4/c1-31-23(29)20-10-6-7-15-27(22(20)24(30)32-2)18-11-13-19(14-12-18)28-21(16-25-26-28)17-8-4-3-5-9-17/h3-16H,1-2H3. The van der Waals surface area contributed by atoms with Crippen molar-refractivity contribution in [1.29, 1.82) is 0 Å². The van der Waals surface area contributed by atoms with Crippen LogP contribution in [0.3, 0.4) is 0 Å². The van der Waals surface area contributed by atoms with Crippen molar-refractivity contribution in [2.24, 2.45) is 0 Å². The molecule has 8 heteroatoms. The Morgan fingerprint density at radius 1 is 0.844 bits per heavy atom. The van der Waals surface area contributed by atoms with Crippen LogP contribution in [0, 0.1) is 0 Å². The van der Waals surface area contributed by atoms with E-state index < -0.39 is 11.9 Å². The second-order valence-electron chi connectivity index (χ2n) is 6.73. The largest absolute Gasteiger partial charge is 0.465 e. The maximum absolute atomic E-state index is 12.6. The first-order valence-corrected chi connectivity index (χ1v) is 9.75. The van der Waals surface area contributed by atoms with Gasteiger partial charge >= 0.3 is 11.9 Å². The predicted octanol–water partition coefficient (Wildman–Crippen LogP) is 3.42. The minimum atomic E-state index is -0.659. The van der Waals surface area contributed by atoms with Crippen LogP contribution in [0.1, 0.15) is 0 Å². The second-order valence-corrected chi connectivity index (χ2v) is 6.73. The molecule has 1 aromatic heterocycles. The molecule has 2 aromatic carbocycles. The Morgan fingerprint density at radius 2 is 1.53 bits per heavy atom. The van der Waals surface area contributed by atoms with Gasteiger partial charge < -0.3 is 14.4 Å². The van der Waals surface area contributed by atoms with E-state index in [2.05, 4.69) is 10.3 Å². The number of rotatable bonds is 5. The molecule has 1 aliphatic rings. The average Bonchev–Trinajstić information content (AvgIpc) is 3.23. The Kier molecular flexibility index (Phi) is 5.94. The van der Waals surface area contributed by atoms with Gasteiger partial charge in [0.25, 0.3) is 0 Å². The lowest BCUT2D eigenvalue weighted by molar-refractivity contribution is -0.139. The molecule has 0 N–H and O–H groups in total. The van der Waals surface area contributed by atoms with Gasteiger partial charge in [-0.25, -0.2) is 14.3 Å². The summed E-state index contributed by atoms with van der Waals surface area (Å²) in [7, 11) is 2.53. The van der Waals surface area contributed by atoms with E-state index in [1.165, 1.54) is 20.3 Å². The van der Waals surface area contributed by atoms with E-state index in [1.54, 1.807) is 34.1 Å². The van der Waals surface area contributed by atoms with Gasteiger partial charge in [0, 0.05) is 17.5 Å². The third-order valence-corrected chi connectivity index (χ3v) is 4.88. The Labute approximate surface area is 184 Å². The molecule has 0 unspecified atom stereocenters. The summed E-state index contributed by atoms with van der Waals surface area (Å²) in [6.45, 7) is 0. The highest BCUT2D eigenvalue weighted by Gasteiger charge is 2.27. The number of benzene rings is 2. The molecular weight excluding hydrogens is 408 g/mol. The summed E-state index contributed by atoms with van der Waals surface area (Å²) in [5, 5.41) is 8.25. The molecule has 0 bridgehead atoms. The molecule has 1 aliphatic heterocycles. The molecule has 0 atom stereocenters. The van der Waals surface area contributed by atoms with Gasteiger partial charge in [-0.2, -0.15) is 0 Å². The van der Waals surface area contributed by atoms with Crippen LogP contribution < -0.4 is 4.90 Å². The molecule has 2 heterocycles. The van der Waals surface area contributed by atoms with Crippen molar-refractivity contribution in [1.82, 2.24) is 15.0 Å². The van der Waals surface area contributed by atoms with Crippen molar-refractivity contribution in [2.75, 3.05) is 19.1 Å². The van der Waals surface area contributed by atoms with Crippen LogP contribution in [0.15, 0.2) is 96.5 Å². The number of methoxy groups -OCH3 is 2. The van der Waals surface area contributed by atoms with Gasteiger partial charge in [0.05, 0.1) is 37.4 Å². The Morgan fingerprint density at radius 3 is 2.22 bits per heavy atom. The summed E-state index contributed by atoms with van der Waals surface area (Å²) in [5.74, 6) is -1.30. The van der Waals surface area contributed by atoms with Crippen molar-refractivity contribution < 1.29 is 19.1 Å². The predicted molar refractivity (Wildman–Crippen MR) is 119 cm³/mol. The zero-order valence-corrected chi connectivity index (χ0v) is 17.5. The minimum absolute atomic E-state index is 0.0582. The second kappa shape index (κ2) is 9.13. The molecule has 8 nitrogen and oxygen atoms in total. The lowest BCUT2D eigenvalue weighted by Gasteiger charge is -2.23. The summed E-state index contributed by atoms with van der Waals surface area (Å²) in [6, 6.07) is 17.2. The fraction of sp³-hybridized carbons (Fsp3) is 0.0833. The van der Waals surface area contributed by atoms with Crippen molar-refractivity contribution >= 4 is 17.6 Å². The first-order chi connectivity index (χ1) is 15.6. The van der Waals surface area contributed by atoms with E-state index in [0.717, 1.165) is 16.9 Å². The van der Waals surface area contributed by atoms with Crippen LogP contribution in [0.4, 0.5) is 5.69 Å². The first-order valence-electron chi connectivity index (χ1n) is 9.75. The number of carbonyl (C=O) groups excluding carboxylic acids is 2. The van der Waals surface area contributed by atoms with Crippen molar-refractivity contribution in [3.05, 3.63) is 96.5 Å². The zero-order chi connectivity index (χ0) is 22.5. The average molecular weight is 428 g/mol. The number of anilines is 1. The molecule has 0 saturated carbocycles. The Hall–Kier alpha value is -4.46. The normalized spacial score (nSPS) is 13.1. The number of hydrogen-bond acceptors (Lipinski definition) is 7.